The highest BCUT2D eigenvalue weighted by molar-refractivity contribution is 5.98. The van der Waals surface area contributed by atoms with Gasteiger partial charge in [-0.1, -0.05) is 23.4 Å². The zero-order chi connectivity index (χ0) is 13.4. The summed E-state index contributed by atoms with van der Waals surface area (Å²) in [4.78, 5) is 0. The van der Waals surface area contributed by atoms with Crippen molar-refractivity contribution in [3.63, 3.8) is 0 Å². The van der Waals surface area contributed by atoms with Crippen molar-refractivity contribution in [1.82, 2.24) is 0 Å². The maximum atomic E-state index is 9.73. The predicted octanol–water partition coefficient (Wildman–Crippen LogP) is 0.725. The van der Waals surface area contributed by atoms with Crippen molar-refractivity contribution >= 4 is 11.9 Å². The van der Waals surface area contributed by atoms with E-state index < -0.39 is 0 Å². The topological polar surface area (TPSA) is 91.1 Å². The first-order valence-electron chi connectivity index (χ1n) is 6.27. The van der Waals surface area contributed by atoms with Crippen LogP contribution in [0.25, 0.3) is 0 Å². The lowest BCUT2D eigenvalue weighted by Crippen LogP contribution is -2.20. The Morgan fingerprint density at radius 2 is 2.32 bits per heavy atom. The van der Waals surface area contributed by atoms with Crippen molar-refractivity contribution in [2.24, 2.45) is 10.9 Å². The van der Waals surface area contributed by atoms with Gasteiger partial charge in [-0.25, -0.2) is 0 Å². The zero-order valence-electron chi connectivity index (χ0n) is 10.4. The molecule has 0 bridgehead atoms. The monoisotopic (exact) mass is 262 g/mol. The van der Waals surface area contributed by atoms with Crippen molar-refractivity contribution in [2.75, 3.05) is 13.2 Å². The molecule has 4 N–H and O–H groups in total. The van der Waals surface area contributed by atoms with E-state index in [0.29, 0.717) is 13.2 Å². The third-order valence-electron chi connectivity index (χ3n) is 3.81. The average Bonchev–Trinajstić information content (AvgIpc) is 3.03. The Balaban J connectivity index is 2.05. The van der Waals surface area contributed by atoms with Crippen molar-refractivity contribution < 1.29 is 19.6 Å². The molecule has 1 aliphatic heterocycles. The van der Waals surface area contributed by atoms with Crippen molar-refractivity contribution in [2.45, 2.75) is 18.9 Å². The minimum Gasteiger partial charge on any atom is -0.430 e. The molecule has 0 spiro atoms. The number of ether oxygens (including phenoxy) is 1. The van der Waals surface area contributed by atoms with Crippen LogP contribution in [0.1, 0.15) is 29.2 Å². The molecule has 1 atom stereocenters. The van der Waals surface area contributed by atoms with Crippen molar-refractivity contribution in [1.29, 1.82) is 0 Å². The molecule has 0 saturated heterocycles. The molecular formula is C13H16N3O3+. The standard InChI is InChI=1S/C13H15N3O3/c14-12(15-18)10-3-1-2-9-8(10)4-5-11(9)16-6-7-19-13(16)17/h1-3,11H,4-7H2,(H3,14,15,18)/p+1/t11-/m0/s1. The number of hydrogen-bond donors (Lipinski definition) is 3. The zero-order valence-corrected chi connectivity index (χ0v) is 10.4. The molecule has 100 valence electrons. The molecule has 3 rings (SSSR count). The van der Waals surface area contributed by atoms with Crippen LogP contribution < -0.4 is 5.73 Å². The third-order valence-corrected chi connectivity index (χ3v) is 3.81. The normalized spacial score (nSPS) is 22.5. The van der Waals surface area contributed by atoms with Gasteiger partial charge in [0.05, 0.1) is 0 Å². The van der Waals surface area contributed by atoms with Crippen LogP contribution >= 0.6 is 0 Å². The number of amidine groups is 1. The van der Waals surface area contributed by atoms with Gasteiger partial charge in [0.1, 0.15) is 0 Å². The highest BCUT2D eigenvalue weighted by atomic mass is 16.6. The first-order chi connectivity index (χ1) is 9.22. The molecule has 0 aromatic heterocycles. The van der Waals surface area contributed by atoms with Gasteiger partial charge in [0.15, 0.2) is 25.0 Å². The summed E-state index contributed by atoms with van der Waals surface area (Å²) >= 11 is 0. The number of fused-ring (bicyclic) bond motifs is 1. The number of nitrogens with zero attached hydrogens (tertiary/aromatic N) is 2. The van der Waals surface area contributed by atoms with E-state index in [9.17, 15) is 5.11 Å². The van der Waals surface area contributed by atoms with E-state index in [4.69, 9.17) is 15.7 Å². The summed E-state index contributed by atoms with van der Waals surface area (Å²) in [5, 5.41) is 21.6. The second-order valence-corrected chi connectivity index (χ2v) is 4.74. The summed E-state index contributed by atoms with van der Waals surface area (Å²) in [5.74, 6) is 0.128. The first-order valence-corrected chi connectivity index (χ1v) is 6.27. The van der Waals surface area contributed by atoms with Crippen LogP contribution in [0.3, 0.4) is 0 Å². The molecule has 1 heterocycles. The van der Waals surface area contributed by atoms with E-state index in [1.54, 1.807) is 0 Å². The summed E-state index contributed by atoms with van der Waals surface area (Å²) in [5.41, 5.74) is 8.66. The molecule has 0 fully saturated rings. The fraction of sp³-hybridized carbons (Fsp3) is 0.385. The maximum Gasteiger partial charge on any atom is 0.547 e. The molecule has 1 aromatic rings. The van der Waals surface area contributed by atoms with Gasteiger partial charge in [-0.05, 0) is 12.0 Å². The highest BCUT2D eigenvalue weighted by Crippen LogP contribution is 2.36. The van der Waals surface area contributed by atoms with Gasteiger partial charge in [-0.15, -0.1) is 0 Å². The molecule has 6 nitrogen and oxygen atoms in total. The number of rotatable bonds is 2. The summed E-state index contributed by atoms with van der Waals surface area (Å²) < 4.78 is 6.96. The van der Waals surface area contributed by atoms with Gasteiger partial charge in [0, 0.05) is 17.5 Å². The minimum absolute atomic E-state index is 0.00736. The molecule has 2 aliphatic rings. The molecule has 0 saturated carbocycles. The van der Waals surface area contributed by atoms with Crippen molar-refractivity contribution in [3.05, 3.63) is 34.9 Å². The smallest absolute Gasteiger partial charge is 0.430 e. The Morgan fingerprint density at radius 1 is 1.47 bits per heavy atom. The number of nitrogens with two attached hydrogens (primary N) is 1. The van der Waals surface area contributed by atoms with E-state index in [1.165, 1.54) is 0 Å². The Hall–Kier alpha value is -2.24. The number of hydrogen-bond acceptors (Lipinski definition) is 3. The van der Waals surface area contributed by atoms with Gasteiger partial charge >= 0.3 is 6.08 Å². The third kappa shape index (κ3) is 1.80. The fourth-order valence-electron chi connectivity index (χ4n) is 2.95. The van der Waals surface area contributed by atoms with Crippen LogP contribution in [0.2, 0.25) is 0 Å². The number of oxime groups is 1. The molecular weight excluding hydrogens is 246 g/mol. The summed E-state index contributed by atoms with van der Waals surface area (Å²) in [6.45, 7) is 1.20. The second-order valence-electron chi connectivity index (χ2n) is 4.74. The van der Waals surface area contributed by atoms with Crippen LogP contribution in [0.5, 0.6) is 0 Å². The van der Waals surface area contributed by atoms with Crippen LogP contribution in [0.15, 0.2) is 23.4 Å². The molecule has 0 radical (unpaired) electrons. The number of benzene rings is 1. The Labute approximate surface area is 110 Å². The van der Waals surface area contributed by atoms with E-state index in [2.05, 4.69) is 5.16 Å². The maximum absolute atomic E-state index is 9.73. The lowest BCUT2D eigenvalue weighted by atomic mass is 10.0. The Morgan fingerprint density at radius 3 is 3.00 bits per heavy atom. The lowest BCUT2D eigenvalue weighted by Gasteiger charge is -2.09. The molecule has 1 aliphatic carbocycles. The quantitative estimate of drug-likeness (QED) is 0.241. The van der Waals surface area contributed by atoms with Gasteiger partial charge in [-0.3, -0.25) is 0 Å². The van der Waals surface area contributed by atoms with Gasteiger partial charge in [0.25, 0.3) is 0 Å². The fourth-order valence-corrected chi connectivity index (χ4v) is 2.95. The van der Waals surface area contributed by atoms with Crippen LogP contribution in [0, 0.1) is 0 Å². The Kier molecular flexibility index (Phi) is 2.77. The van der Waals surface area contributed by atoms with E-state index in [-0.39, 0.29) is 18.0 Å². The first kappa shape index (κ1) is 11.8. The second kappa shape index (κ2) is 4.46. The van der Waals surface area contributed by atoms with Crippen molar-refractivity contribution in [3.8, 4) is 0 Å². The molecule has 6 heteroatoms. The molecule has 0 amide bonds. The lowest BCUT2D eigenvalue weighted by molar-refractivity contribution is -0.570. The highest BCUT2D eigenvalue weighted by Gasteiger charge is 2.38. The van der Waals surface area contributed by atoms with Crippen LogP contribution in [-0.4, -0.2) is 40.0 Å². The van der Waals surface area contributed by atoms with Gasteiger partial charge < -0.3 is 20.8 Å². The van der Waals surface area contributed by atoms with Gasteiger partial charge in [0.2, 0.25) is 0 Å². The number of aliphatic hydroxyl groups excluding tert-OH is 1. The average molecular weight is 262 g/mol. The van der Waals surface area contributed by atoms with E-state index in [1.807, 2.05) is 22.8 Å². The number of aliphatic hydroxyl groups is 1. The largest absolute Gasteiger partial charge is 0.547 e. The molecule has 0 unspecified atom stereocenters. The summed E-state index contributed by atoms with van der Waals surface area (Å²) in [6, 6.07) is 5.86. The van der Waals surface area contributed by atoms with Crippen LogP contribution in [-0.2, 0) is 11.2 Å². The minimum atomic E-state index is -0.00736. The van der Waals surface area contributed by atoms with Crippen LogP contribution in [0.4, 0.5) is 0 Å². The molecule has 1 aromatic carbocycles. The molecule has 19 heavy (non-hydrogen) atoms. The SMILES string of the molecule is NC(=NO)c1cccc2c1CC[C@@H]2[N+]1=C(O)OCC1. The van der Waals surface area contributed by atoms with Gasteiger partial charge in [-0.2, -0.15) is 4.58 Å². The summed E-state index contributed by atoms with van der Waals surface area (Å²) in [7, 11) is 0. The predicted molar refractivity (Wildman–Crippen MR) is 68.7 cm³/mol. The van der Waals surface area contributed by atoms with E-state index in [0.717, 1.165) is 29.5 Å². The van der Waals surface area contributed by atoms with E-state index >= 15 is 0 Å². The Bertz CT molecular complexity index is 580. The summed E-state index contributed by atoms with van der Waals surface area (Å²) in [6.07, 6.45) is 1.72.